The van der Waals surface area contributed by atoms with Gasteiger partial charge >= 0.3 is 5.97 Å². The third-order valence-corrected chi connectivity index (χ3v) is 3.67. The fourth-order valence-electron chi connectivity index (χ4n) is 2.83. The van der Waals surface area contributed by atoms with Crippen LogP contribution in [0.25, 0.3) is 0 Å². The fourth-order valence-corrected chi connectivity index (χ4v) is 2.83. The van der Waals surface area contributed by atoms with E-state index >= 15 is 0 Å². The molecule has 0 aromatic heterocycles. The minimum Gasteiger partial charge on any atom is -0.478 e. The van der Waals surface area contributed by atoms with Crippen LogP contribution in [0.5, 0.6) is 0 Å². The van der Waals surface area contributed by atoms with Crippen LogP contribution in [0.15, 0.2) is 24.3 Å². The Bertz CT molecular complexity index is 397. The molecule has 3 nitrogen and oxygen atoms in total. The van der Waals surface area contributed by atoms with Gasteiger partial charge in [0.2, 0.25) is 0 Å². The van der Waals surface area contributed by atoms with E-state index in [4.69, 9.17) is 5.11 Å². The van der Waals surface area contributed by atoms with E-state index in [0.717, 1.165) is 5.56 Å². The highest BCUT2D eigenvalue weighted by Crippen LogP contribution is 2.35. The topological polar surface area (TPSA) is 49.3 Å². The van der Waals surface area contributed by atoms with E-state index in [9.17, 15) is 4.79 Å². The summed E-state index contributed by atoms with van der Waals surface area (Å²) < 4.78 is 0. The minimum absolute atomic E-state index is 0.289. The SMILES string of the molecule is CNC(c1cccc(C(=O)O)c1)C1CCCC1. The van der Waals surface area contributed by atoms with E-state index < -0.39 is 5.97 Å². The monoisotopic (exact) mass is 233 g/mol. The number of rotatable bonds is 4. The van der Waals surface area contributed by atoms with Crippen LogP contribution in [0.4, 0.5) is 0 Å². The number of nitrogens with one attached hydrogen (secondary N) is 1. The fraction of sp³-hybridized carbons (Fsp3) is 0.500. The van der Waals surface area contributed by atoms with Gasteiger partial charge in [-0.2, -0.15) is 0 Å². The molecule has 1 aromatic carbocycles. The Morgan fingerprint density at radius 1 is 1.41 bits per heavy atom. The second-order valence-electron chi connectivity index (χ2n) is 4.74. The van der Waals surface area contributed by atoms with E-state index in [1.807, 2.05) is 19.2 Å². The largest absolute Gasteiger partial charge is 0.478 e. The second-order valence-corrected chi connectivity index (χ2v) is 4.74. The lowest BCUT2D eigenvalue weighted by Gasteiger charge is -2.23. The predicted molar refractivity (Wildman–Crippen MR) is 67.2 cm³/mol. The van der Waals surface area contributed by atoms with Crippen LogP contribution in [-0.4, -0.2) is 18.1 Å². The number of benzene rings is 1. The van der Waals surface area contributed by atoms with Gasteiger partial charge in [-0.15, -0.1) is 0 Å². The molecule has 0 heterocycles. The lowest BCUT2D eigenvalue weighted by Crippen LogP contribution is -2.23. The van der Waals surface area contributed by atoms with Gasteiger partial charge in [0.1, 0.15) is 0 Å². The molecule has 2 rings (SSSR count). The molecule has 1 unspecified atom stereocenters. The normalized spacial score (nSPS) is 18.2. The van der Waals surface area contributed by atoms with E-state index in [1.165, 1.54) is 25.7 Å². The van der Waals surface area contributed by atoms with Crippen molar-refractivity contribution in [3.05, 3.63) is 35.4 Å². The average Bonchev–Trinajstić information content (AvgIpc) is 2.84. The molecule has 0 bridgehead atoms. The predicted octanol–water partition coefficient (Wildman–Crippen LogP) is 2.84. The number of aromatic carboxylic acids is 1. The molecule has 1 fully saturated rings. The number of carboxylic acids is 1. The Morgan fingerprint density at radius 2 is 2.12 bits per heavy atom. The molecule has 1 atom stereocenters. The van der Waals surface area contributed by atoms with Gasteiger partial charge in [0.15, 0.2) is 0 Å². The second kappa shape index (κ2) is 5.32. The first-order chi connectivity index (χ1) is 8.22. The maximum Gasteiger partial charge on any atom is 0.335 e. The summed E-state index contributed by atoms with van der Waals surface area (Å²) in [6, 6.07) is 7.58. The molecule has 0 radical (unpaired) electrons. The zero-order chi connectivity index (χ0) is 12.3. The summed E-state index contributed by atoms with van der Waals surface area (Å²) in [6.07, 6.45) is 5.06. The summed E-state index contributed by atoms with van der Waals surface area (Å²) in [4.78, 5) is 11.0. The molecule has 1 aliphatic carbocycles. The number of hydrogen-bond donors (Lipinski definition) is 2. The highest BCUT2D eigenvalue weighted by molar-refractivity contribution is 5.87. The maximum atomic E-state index is 11.0. The number of hydrogen-bond acceptors (Lipinski definition) is 2. The van der Waals surface area contributed by atoms with Crippen LogP contribution in [-0.2, 0) is 0 Å². The van der Waals surface area contributed by atoms with Crippen molar-refractivity contribution in [1.29, 1.82) is 0 Å². The van der Waals surface area contributed by atoms with Crippen molar-refractivity contribution in [2.75, 3.05) is 7.05 Å². The van der Waals surface area contributed by atoms with Crippen LogP contribution >= 0.6 is 0 Å². The number of carbonyl (C=O) groups is 1. The Balaban J connectivity index is 2.23. The Morgan fingerprint density at radius 3 is 2.71 bits per heavy atom. The van der Waals surface area contributed by atoms with Gasteiger partial charge in [0, 0.05) is 6.04 Å². The first kappa shape index (κ1) is 12.1. The van der Waals surface area contributed by atoms with Gasteiger partial charge in [-0.3, -0.25) is 0 Å². The van der Waals surface area contributed by atoms with Crippen molar-refractivity contribution >= 4 is 5.97 Å². The summed E-state index contributed by atoms with van der Waals surface area (Å²) in [7, 11) is 1.95. The van der Waals surface area contributed by atoms with Gasteiger partial charge < -0.3 is 10.4 Å². The summed E-state index contributed by atoms with van der Waals surface area (Å²) in [5.74, 6) is -0.211. The molecule has 0 spiro atoms. The highest BCUT2D eigenvalue weighted by atomic mass is 16.4. The third-order valence-electron chi connectivity index (χ3n) is 3.67. The highest BCUT2D eigenvalue weighted by Gasteiger charge is 2.25. The lowest BCUT2D eigenvalue weighted by molar-refractivity contribution is 0.0696. The molecule has 0 amide bonds. The van der Waals surface area contributed by atoms with Gasteiger partial charge in [-0.05, 0) is 43.5 Å². The Kier molecular flexibility index (Phi) is 3.79. The van der Waals surface area contributed by atoms with Crippen molar-refractivity contribution in [3.8, 4) is 0 Å². The smallest absolute Gasteiger partial charge is 0.335 e. The van der Waals surface area contributed by atoms with Crippen LogP contribution in [0.1, 0.15) is 47.6 Å². The van der Waals surface area contributed by atoms with E-state index in [1.54, 1.807) is 12.1 Å². The zero-order valence-electron chi connectivity index (χ0n) is 10.1. The van der Waals surface area contributed by atoms with E-state index in [0.29, 0.717) is 11.5 Å². The maximum absolute atomic E-state index is 11.0. The molecule has 1 saturated carbocycles. The van der Waals surface area contributed by atoms with Crippen molar-refractivity contribution in [1.82, 2.24) is 5.32 Å². The average molecular weight is 233 g/mol. The standard InChI is InChI=1S/C14H19NO2/c1-15-13(10-5-2-3-6-10)11-7-4-8-12(9-11)14(16)17/h4,7-10,13,15H,2-3,5-6H2,1H3,(H,16,17). The molecule has 0 saturated heterocycles. The molecule has 2 N–H and O–H groups in total. The van der Waals surface area contributed by atoms with E-state index in [2.05, 4.69) is 5.32 Å². The molecule has 17 heavy (non-hydrogen) atoms. The summed E-state index contributed by atoms with van der Waals surface area (Å²) in [6.45, 7) is 0. The molecular formula is C14H19NO2. The minimum atomic E-state index is -0.854. The van der Waals surface area contributed by atoms with Crippen molar-refractivity contribution < 1.29 is 9.90 Å². The summed E-state index contributed by atoms with van der Waals surface area (Å²) >= 11 is 0. The number of carboxylic acid groups (broad SMARTS) is 1. The third kappa shape index (κ3) is 2.67. The molecule has 3 heteroatoms. The summed E-state index contributed by atoms with van der Waals surface area (Å²) in [5, 5.41) is 12.3. The zero-order valence-corrected chi connectivity index (χ0v) is 10.1. The van der Waals surface area contributed by atoms with Crippen molar-refractivity contribution in [3.63, 3.8) is 0 Å². The molecule has 1 aliphatic rings. The molecule has 1 aromatic rings. The lowest BCUT2D eigenvalue weighted by atomic mass is 9.91. The van der Waals surface area contributed by atoms with Crippen molar-refractivity contribution in [2.24, 2.45) is 5.92 Å². The van der Waals surface area contributed by atoms with Crippen LogP contribution in [0.2, 0.25) is 0 Å². The first-order valence-electron chi connectivity index (χ1n) is 6.23. The van der Waals surface area contributed by atoms with Crippen LogP contribution in [0.3, 0.4) is 0 Å². The molecular weight excluding hydrogens is 214 g/mol. The Labute approximate surface area is 102 Å². The van der Waals surface area contributed by atoms with Gasteiger partial charge in [-0.1, -0.05) is 25.0 Å². The van der Waals surface area contributed by atoms with Gasteiger partial charge in [0.05, 0.1) is 5.56 Å². The van der Waals surface area contributed by atoms with Gasteiger partial charge in [-0.25, -0.2) is 4.79 Å². The summed E-state index contributed by atoms with van der Waals surface area (Å²) in [5.41, 5.74) is 1.47. The van der Waals surface area contributed by atoms with Crippen molar-refractivity contribution in [2.45, 2.75) is 31.7 Å². The van der Waals surface area contributed by atoms with Gasteiger partial charge in [0.25, 0.3) is 0 Å². The van der Waals surface area contributed by atoms with E-state index in [-0.39, 0.29) is 6.04 Å². The quantitative estimate of drug-likeness (QED) is 0.840. The Hall–Kier alpha value is -1.35. The van der Waals surface area contributed by atoms with Crippen LogP contribution < -0.4 is 5.32 Å². The molecule has 92 valence electrons. The first-order valence-corrected chi connectivity index (χ1v) is 6.23. The molecule has 0 aliphatic heterocycles. The van der Waals surface area contributed by atoms with Crippen LogP contribution in [0, 0.1) is 5.92 Å².